The number of aromatic nitrogens is 1. The molecule has 0 bridgehead atoms. The molecule has 0 saturated heterocycles. The number of rotatable bonds is 5. The number of esters is 1. The number of pyridine rings is 1. The number of carbonyl (C=O) groups excluding carboxylic acids is 1. The number of halogens is 3. The van der Waals surface area contributed by atoms with Gasteiger partial charge >= 0.3 is 12.1 Å². The minimum atomic E-state index is -4.69. The molecule has 5 nitrogen and oxygen atoms in total. The average Bonchev–Trinajstić information content (AvgIpc) is 2.52. The third kappa shape index (κ3) is 4.60. The quantitative estimate of drug-likeness (QED) is 0.654. The van der Waals surface area contributed by atoms with Gasteiger partial charge in [0.1, 0.15) is 12.3 Å². The number of hydrogen-bond acceptors (Lipinski definition) is 4. The Balaban J connectivity index is 1.92. The molecule has 23 heavy (non-hydrogen) atoms. The van der Waals surface area contributed by atoms with E-state index in [1.54, 1.807) is 35.3 Å². The Kier molecular flexibility index (Phi) is 5.05. The van der Waals surface area contributed by atoms with Crippen molar-refractivity contribution in [1.29, 1.82) is 0 Å². The highest BCUT2D eigenvalue weighted by Gasteiger charge is 2.34. The van der Waals surface area contributed by atoms with E-state index in [1.807, 2.05) is 0 Å². The first kappa shape index (κ1) is 16.6. The van der Waals surface area contributed by atoms with Crippen molar-refractivity contribution in [1.82, 2.24) is 4.98 Å². The molecule has 1 aromatic carbocycles. The van der Waals surface area contributed by atoms with Crippen LogP contribution >= 0.6 is 0 Å². The minimum Gasteiger partial charge on any atom is -0.460 e. The van der Waals surface area contributed by atoms with E-state index in [2.05, 4.69) is 5.32 Å². The lowest BCUT2D eigenvalue weighted by Crippen LogP contribution is -2.21. The van der Waals surface area contributed by atoms with Crippen LogP contribution in [0, 0.1) is 0 Å². The highest BCUT2D eigenvalue weighted by Crippen LogP contribution is 2.31. The van der Waals surface area contributed by atoms with Gasteiger partial charge in [-0.2, -0.15) is 13.2 Å². The number of carbonyl (C=O) groups is 1. The van der Waals surface area contributed by atoms with E-state index in [1.165, 1.54) is 0 Å². The number of benzene rings is 1. The largest absolute Gasteiger partial charge is 0.460 e. The van der Waals surface area contributed by atoms with Gasteiger partial charge in [-0.3, -0.25) is 4.79 Å². The number of ether oxygens (including phenoxy) is 1. The van der Waals surface area contributed by atoms with E-state index in [4.69, 9.17) is 4.74 Å². The average molecular weight is 326 g/mol. The summed E-state index contributed by atoms with van der Waals surface area (Å²) in [5, 5.41) is 2.49. The predicted molar refractivity (Wildman–Crippen MR) is 77.3 cm³/mol. The van der Waals surface area contributed by atoms with E-state index >= 15 is 0 Å². The van der Waals surface area contributed by atoms with Crippen LogP contribution in [0.25, 0.3) is 0 Å². The Morgan fingerprint density at radius 1 is 1.13 bits per heavy atom. The summed E-state index contributed by atoms with van der Waals surface area (Å²) in [6.07, 6.45) is -4.69. The summed E-state index contributed by atoms with van der Waals surface area (Å²) < 4.78 is 43.3. The van der Waals surface area contributed by atoms with Gasteiger partial charge in [-0.25, -0.2) is 4.79 Å². The molecule has 2 N–H and O–H groups in total. The second-order valence-electron chi connectivity index (χ2n) is 4.54. The normalized spacial score (nSPS) is 11.1. The Morgan fingerprint density at radius 3 is 2.48 bits per heavy atom. The standard InChI is InChI=1S/C15H13F3N2O3/c16-15(17,18)13-11(6-7-12(21)20-13)19-8-9-23-14(22)10-4-2-1-3-5-10/h1-7,19H,8-9H2,(H,20,21). The molecule has 0 radical (unpaired) electrons. The van der Waals surface area contributed by atoms with Gasteiger partial charge < -0.3 is 15.0 Å². The molecule has 2 aromatic rings. The zero-order chi connectivity index (χ0) is 16.9. The molecule has 1 heterocycles. The highest BCUT2D eigenvalue weighted by molar-refractivity contribution is 5.89. The zero-order valence-electron chi connectivity index (χ0n) is 11.8. The molecule has 0 aliphatic carbocycles. The fourth-order valence-electron chi connectivity index (χ4n) is 1.83. The van der Waals surface area contributed by atoms with Crippen molar-refractivity contribution in [2.24, 2.45) is 0 Å². The summed E-state index contributed by atoms with van der Waals surface area (Å²) in [6, 6.07) is 10.2. The van der Waals surface area contributed by atoms with E-state index in [0.29, 0.717) is 5.56 Å². The van der Waals surface area contributed by atoms with Crippen molar-refractivity contribution in [3.8, 4) is 0 Å². The number of H-pyrrole nitrogens is 1. The van der Waals surface area contributed by atoms with Gasteiger partial charge in [-0.15, -0.1) is 0 Å². The Morgan fingerprint density at radius 2 is 1.83 bits per heavy atom. The highest BCUT2D eigenvalue weighted by atomic mass is 19.4. The molecule has 122 valence electrons. The second-order valence-corrected chi connectivity index (χ2v) is 4.54. The summed E-state index contributed by atoms with van der Waals surface area (Å²) >= 11 is 0. The van der Waals surface area contributed by atoms with Crippen LogP contribution in [0.1, 0.15) is 16.1 Å². The van der Waals surface area contributed by atoms with Gasteiger partial charge in [0.25, 0.3) is 0 Å². The summed E-state index contributed by atoms with van der Waals surface area (Å²) in [5.41, 5.74) is -1.95. The van der Waals surface area contributed by atoms with Gasteiger partial charge in [-0.05, 0) is 18.2 Å². The fourth-order valence-corrected chi connectivity index (χ4v) is 1.83. The predicted octanol–water partition coefficient (Wildman–Crippen LogP) is 2.66. The number of hydrogen-bond donors (Lipinski definition) is 2. The van der Waals surface area contributed by atoms with E-state index in [0.717, 1.165) is 12.1 Å². The molecule has 0 fully saturated rings. The fraction of sp³-hybridized carbons (Fsp3) is 0.200. The van der Waals surface area contributed by atoms with Crippen LogP contribution in [-0.2, 0) is 10.9 Å². The minimum absolute atomic E-state index is 0.0340. The van der Waals surface area contributed by atoms with Crippen molar-refractivity contribution >= 4 is 11.7 Å². The van der Waals surface area contributed by atoms with Crippen LogP contribution in [-0.4, -0.2) is 24.1 Å². The lowest BCUT2D eigenvalue weighted by molar-refractivity contribution is -0.140. The maximum Gasteiger partial charge on any atom is 0.433 e. The van der Waals surface area contributed by atoms with Gasteiger partial charge in [0.15, 0.2) is 0 Å². The van der Waals surface area contributed by atoms with Crippen LogP contribution in [0.3, 0.4) is 0 Å². The third-order valence-corrected chi connectivity index (χ3v) is 2.86. The summed E-state index contributed by atoms with van der Waals surface area (Å²) in [4.78, 5) is 24.4. The molecule has 0 aliphatic heterocycles. The van der Waals surface area contributed by atoms with Gasteiger partial charge in [0, 0.05) is 12.6 Å². The van der Waals surface area contributed by atoms with E-state index < -0.39 is 23.4 Å². The molecule has 0 saturated carbocycles. The summed E-state index contributed by atoms with van der Waals surface area (Å²) in [5.74, 6) is -0.565. The molecule has 1 aromatic heterocycles. The van der Waals surface area contributed by atoms with Crippen LogP contribution in [0.15, 0.2) is 47.3 Å². The van der Waals surface area contributed by atoms with Crippen molar-refractivity contribution in [3.63, 3.8) is 0 Å². The lowest BCUT2D eigenvalue weighted by Gasteiger charge is -2.13. The Labute approximate surface area is 129 Å². The topological polar surface area (TPSA) is 71.2 Å². The third-order valence-electron chi connectivity index (χ3n) is 2.86. The first-order valence-electron chi connectivity index (χ1n) is 6.64. The molecule has 0 atom stereocenters. The number of nitrogens with one attached hydrogen (secondary N) is 2. The smallest absolute Gasteiger partial charge is 0.433 e. The molecule has 2 rings (SSSR count). The molecule has 0 aliphatic rings. The monoisotopic (exact) mass is 326 g/mol. The van der Waals surface area contributed by atoms with Crippen LogP contribution in [0.2, 0.25) is 0 Å². The van der Waals surface area contributed by atoms with E-state index in [-0.39, 0.29) is 18.8 Å². The molecule has 0 unspecified atom stereocenters. The second kappa shape index (κ2) is 6.99. The molecular weight excluding hydrogens is 313 g/mol. The first-order chi connectivity index (χ1) is 10.9. The number of alkyl halides is 3. The summed E-state index contributed by atoms with van der Waals surface area (Å²) in [7, 11) is 0. The molecular formula is C15H13F3N2O3. The van der Waals surface area contributed by atoms with Crippen molar-refractivity contribution in [2.45, 2.75) is 6.18 Å². The van der Waals surface area contributed by atoms with Gasteiger partial charge in [-0.1, -0.05) is 18.2 Å². The molecule has 8 heteroatoms. The van der Waals surface area contributed by atoms with Gasteiger partial charge in [0.2, 0.25) is 5.56 Å². The maximum absolute atomic E-state index is 12.8. The van der Waals surface area contributed by atoms with Crippen LogP contribution in [0.4, 0.5) is 18.9 Å². The van der Waals surface area contributed by atoms with Gasteiger partial charge in [0.05, 0.1) is 11.3 Å². The molecule has 0 spiro atoms. The zero-order valence-corrected chi connectivity index (χ0v) is 11.8. The van der Waals surface area contributed by atoms with Crippen LogP contribution < -0.4 is 10.9 Å². The number of anilines is 1. The number of aromatic amines is 1. The van der Waals surface area contributed by atoms with Crippen molar-refractivity contribution in [2.75, 3.05) is 18.5 Å². The van der Waals surface area contributed by atoms with E-state index in [9.17, 15) is 22.8 Å². The summed E-state index contributed by atoms with van der Waals surface area (Å²) in [6.45, 7) is -0.155. The Hall–Kier alpha value is -2.77. The SMILES string of the molecule is O=C(OCCNc1ccc(=O)[nH]c1C(F)(F)F)c1ccccc1. The van der Waals surface area contributed by atoms with Crippen LogP contribution in [0.5, 0.6) is 0 Å². The maximum atomic E-state index is 12.8. The molecule has 0 amide bonds. The first-order valence-corrected chi connectivity index (χ1v) is 6.64. The Bertz CT molecular complexity index is 727. The lowest BCUT2D eigenvalue weighted by atomic mass is 10.2. The van der Waals surface area contributed by atoms with Crippen molar-refractivity contribution in [3.05, 3.63) is 64.1 Å². The van der Waals surface area contributed by atoms with Crippen molar-refractivity contribution < 1.29 is 22.7 Å².